The Bertz CT molecular complexity index is 125. The van der Waals surface area contributed by atoms with Gasteiger partial charge in [-0.15, -0.1) is 66.5 Å². The van der Waals surface area contributed by atoms with Crippen LogP contribution >= 0.6 is 66.5 Å². The van der Waals surface area contributed by atoms with Crippen LogP contribution in [0.15, 0.2) is 0 Å². The molecule has 11 heavy (non-hydrogen) atoms. The Morgan fingerprint density at radius 1 is 1.00 bits per heavy atom. The molecule has 0 heterocycles. The summed E-state index contributed by atoms with van der Waals surface area (Å²) in [6.45, 7) is 0. The van der Waals surface area contributed by atoms with Crippen LogP contribution in [0.1, 0.15) is 0 Å². The van der Waals surface area contributed by atoms with Crippen LogP contribution in [-0.2, 0) is 0 Å². The minimum absolute atomic E-state index is 0.0478. The molecule has 1 atom stereocenters. The van der Waals surface area contributed by atoms with Crippen molar-refractivity contribution in [3.05, 3.63) is 0 Å². The van der Waals surface area contributed by atoms with E-state index in [1.54, 1.807) is 0 Å². The van der Waals surface area contributed by atoms with Gasteiger partial charge in [0, 0.05) is 10.2 Å². The Labute approximate surface area is 99.1 Å². The first-order valence-corrected chi connectivity index (χ1v) is 14.3. The van der Waals surface area contributed by atoms with E-state index in [2.05, 4.69) is 0 Å². The zero-order valence-corrected chi connectivity index (χ0v) is 14.1. The van der Waals surface area contributed by atoms with Crippen LogP contribution in [-0.4, -0.2) is 22.2 Å². The molecule has 0 N–H and O–H groups in total. The van der Waals surface area contributed by atoms with Gasteiger partial charge in [0.2, 0.25) is 0 Å². The third-order valence-electron chi connectivity index (χ3n) is 1.10. The SMILES string of the molecule is [SiH3]C(C[Si](Cl)(Cl)Cl)[Si](Cl)(Cl)Cl. The van der Waals surface area contributed by atoms with Crippen molar-refractivity contribution in [1.29, 1.82) is 0 Å². The number of hydrogen-bond acceptors (Lipinski definition) is 0. The minimum Gasteiger partial charge on any atom is -0.126 e. The summed E-state index contributed by atoms with van der Waals surface area (Å²) >= 11 is 34.2. The number of rotatable bonds is 3. The van der Waals surface area contributed by atoms with E-state index in [0.717, 1.165) is 10.2 Å². The summed E-state index contributed by atoms with van der Waals surface area (Å²) in [7, 11) is 0.776. The summed E-state index contributed by atoms with van der Waals surface area (Å²) in [5, 5.41) is 0.0478. The minimum atomic E-state index is -2.61. The molecule has 0 spiro atoms. The van der Waals surface area contributed by atoms with E-state index in [4.69, 9.17) is 66.5 Å². The van der Waals surface area contributed by atoms with Gasteiger partial charge >= 0.3 is 12.0 Å². The van der Waals surface area contributed by atoms with Gasteiger partial charge in [-0.3, -0.25) is 0 Å². The van der Waals surface area contributed by atoms with Gasteiger partial charge in [-0.1, -0.05) is 0 Å². The summed E-state index contributed by atoms with van der Waals surface area (Å²) in [6.07, 6.45) is 0. The molecule has 68 valence electrons. The largest absolute Gasteiger partial charge is 0.341 e. The van der Waals surface area contributed by atoms with Crippen LogP contribution < -0.4 is 0 Å². The maximum Gasteiger partial charge on any atom is 0.341 e. The fraction of sp³-hybridized carbons (Fsp3) is 1.00. The number of halogens is 6. The predicted molar refractivity (Wildman–Crippen MR) is 65.1 cm³/mol. The van der Waals surface area contributed by atoms with Crippen molar-refractivity contribution < 1.29 is 0 Å². The van der Waals surface area contributed by atoms with E-state index < -0.39 is 12.0 Å². The molecule has 0 saturated carbocycles. The highest BCUT2D eigenvalue weighted by Gasteiger charge is 2.39. The molecule has 0 aliphatic rings. The molecule has 0 aromatic carbocycles. The molecule has 1 unspecified atom stereocenters. The van der Waals surface area contributed by atoms with Crippen molar-refractivity contribution in [2.45, 2.75) is 11.2 Å². The first kappa shape index (κ1) is 13.4. The third-order valence-corrected chi connectivity index (χ3v) is 15.8. The van der Waals surface area contributed by atoms with Crippen molar-refractivity contribution in [2.24, 2.45) is 0 Å². The molecule has 0 saturated heterocycles. The van der Waals surface area contributed by atoms with E-state index in [1.165, 1.54) is 0 Å². The first-order valence-electron chi connectivity index (χ1n) is 2.76. The highest BCUT2D eigenvalue weighted by molar-refractivity contribution is 7.68. The van der Waals surface area contributed by atoms with Gasteiger partial charge in [0.1, 0.15) is 0 Å². The molecule has 0 aliphatic heterocycles. The van der Waals surface area contributed by atoms with Crippen LogP contribution in [0, 0.1) is 0 Å². The smallest absolute Gasteiger partial charge is 0.126 e. The summed E-state index contributed by atoms with van der Waals surface area (Å²) in [5.74, 6) is 0. The zero-order valence-electron chi connectivity index (χ0n) is 5.55. The van der Waals surface area contributed by atoms with Crippen LogP contribution in [0.25, 0.3) is 0 Å². The van der Waals surface area contributed by atoms with Gasteiger partial charge in [-0.2, -0.15) is 0 Å². The lowest BCUT2D eigenvalue weighted by Gasteiger charge is -2.19. The van der Waals surface area contributed by atoms with E-state index >= 15 is 0 Å². The lowest BCUT2D eigenvalue weighted by molar-refractivity contribution is 1.31. The molecule has 0 fully saturated rings. The lowest BCUT2D eigenvalue weighted by atomic mass is 10.9. The molecule has 0 aromatic heterocycles. The molecular formula is C2H6Cl6Si3. The highest BCUT2D eigenvalue weighted by Crippen LogP contribution is 2.40. The number of hydrogen-bond donors (Lipinski definition) is 0. The van der Waals surface area contributed by atoms with Crippen LogP contribution in [0.2, 0.25) is 11.2 Å². The van der Waals surface area contributed by atoms with Gasteiger partial charge in [-0.25, -0.2) is 0 Å². The average Bonchev–Trinajstić information content (AvgIpc) is 1.56. The van der Waals surface area contributed by atoms with Gasteiger partial charge in [0.15, 0.2) is 0 Å². The zero-order chi connectivity index (χ0) is 9.28. The Balaban J connectivity index is 3.99. The molecule has 0 bridgehead atoms. The van der Waals surface area contributed by atoms with E-state index in [0.29, 0.717) is 6.04 Å². The van der Waals surface area contributed by atoms with E-state index in [-0.39, 0.29) is 5.16 Å². The Kier molecular flexibility index (Phi) is 5.79. The Morgan fingerprint density at radius 3 is 1.45 bits per heavy atom. The Hall–Kier alpha value is 2.39. The summed E-state index contributed by atoms with van der Waals surface area (Å²) in [6, 6.07) is -4.73. The average molecular weight is 327 g/mol. The molecule has 0 rings (SSSR count). The van der Waals surface area contributed by atoms with Crippen molar-refractivity contribution in [3.8, 4) is 0 Å². The second-order valence-corrected chi connectivity index (χ2v) is 23.2. The van der Waals surface area contributed by atoms with Crippen molar-refractivity contribution in [2.75, 3.05) is 0 Å². The van der Waals surface area contributed by atoms with Crippen molar-refractivity contribution in [1.82, 2.24) is 0 Å². The summed E-state index contributed by atoms with van der Waals surface area (Å²) in [5.41, 5.74) is 0. The molecule has 0 radical (unpaired) electrons. The summed E-state index contributed by atoms with van der Waals surface area (Å²) in [4.78, 5) is 0. The maximum absolute atomic E-state index is 5.74. The van der Waals surface area contributed by atoms with Crippen LogP contribution in [0.3, 0.4) is 0 Å². The second-order valence-electron chi connectivity index (χ2n) is 2.26. The molecular weight excluding hydrogens is 321 g/mol. The third kappa shape index (κ3) is 7.46. The summed E-state index contributed by atoms with van der Waals surface area (Å²) < 4.78 is 0. The molecule has 9 heteroatoms. The van der Waals surface area contributed by atoms with Crippen LogP contribution in [0.4, 0.5) is 0 Å². The van der Waals surface area contributed by atoms with Crippen molar-refractivity contribution >= 4 is 88.7 Å². The standard InChI is InChI=1S/C2H6Cl6Si3/c3-10(4,5)1-2(9)11(6,7)8/h2H,1H2,9H3. The van der Waals surface area contributed by atoms with E-state index in [9.17, 15) is 0 Å². The normalized spacial score (nSPS) is 16.9. The topological polar surface area (TPSA) is 0 Å². The Morgan fingerprint density at radius 2 is 1.36 bits per heavy atom. The van der Waals surface area contributed by atoms with E-state index in [1.807, 2.05) is 0 Å². The second kappa shape index (κ2) is 4.75. The first-order chi connectivity index (χ1) is 4.63. The quantitative estimate of drug-likeness (QED) is 0.552. The fourth-order valence-electron chi connectivity index (χ4n) is 0.463. The molecule has 0 aromatic rings. The van der Waals surface area contributed by atoms with Gasteiger partial charge < -0.3 is 0 Å². The van der Waals surface area contributed by atoms with Crippen LogP contribution in [0.5, 0.6) is 0 Å². The maximum atomic E-state index is 5.74. The van der Waals surface area contributed by atoms with Gasteiger partial charge in [-0.05, 0) is 11.2 Å². The molecule has 0 amide bonds. The molecule has 0 nitrogen and oxygen atoms in total. The molecule has 0 aliphatic carbocycles. The lowest BCUT2D eigenvalue weighted by Crippen LogP contribution is -2.25. The highest BCUT2D eigenvalue weighted by atomic mass is 35.8. The fourth-order valence-corrected chi connectivity index (χ4v) is 12.5. The van der Waals surface area contributed by atoms with Gasteiger partial charge in [0.05, 0.1) is 0 Å². The monoisotopic (exact) mass is 324 g/mol. The van der Waals surface area contributed by atoms with Gasteiger partial charge in [0.25, 0.3) is 0 Å². The predicted octanol–water partition coefficient (Wildman–Crippen LogP) is 2.99. The van der Waals surface area contributed by atoms with Crippen molar-refractivity contribution in [3.63, 3.8) is 0 Å².